The summed E-state index contributed by atoms with van der Waals surface area (Å²) in [6, 6.07) is 3.96. The first-order valence-corrected chi connectivity index (χ1v) is 9.14. The Kier molecular flexibility index (Phi) is 4.46. The second-order valence-electron chi connectivity index (χ2n) is 7.37. The van der Waals surface area contributed by atoms with Gasteiger partial charge in [0.2, 0.25) is 0 Å². The van der Waals surface area contributed by atoms with Gasteiger partial charge in [-0.3, -0.25) is 4.90 Å². The molecule has 2 aliphatic rings. The first-order chi connectivity index (χ1) is 11.7. The molecule has 0 amide bonds. The second kappa shape index (κ2) is 6.73. The zero-order valence-electron chi connectivity index (χ0n) is 14.6. The minimum absolute atomic E-state index is 0.358. The number of hydrogen-bond donors (Lipinski definition) is 0. The third-order valence-electron chi connectivity index (χ3n) is 5.28. The number of piperidine rings is 1. The molecule has 4 heterocycles. The lowest BCUT2D eigenvalue weighted by Crippen LogP contribution is -2.48. The highest BCUT2D eigenvalue weighted by molar-refractivity contribution is 5.88. The van der Waals surface area contributed by atoms with Crippen LogP contribution < -0.4 is 4.90 Å². The molecule has 5 heteroatoms. The molecule has 2 aliphatic heterocycles. The summed E-state index contributed by atoms with van der Waals surface area (Å²) in [4.78, 5) is 9.61. The van der Waals surface area contributed by atoms with Gasteiger partial charge in [-0.2, -0.15) is 0 Å². The van der Waals surface area contributed by atoms with Crippen molar-refractivity contribution in [2.75, 3.05) is 37.6 Å². The molecule has 130 valence electrons. The van der Waals surface area contributed by atoms with Gasteiger partial charge in [-0.1, -0.05) is 0 Å². The summed E-state index contributed by atoms with van der Waals surface area (Å²) >= 11 is 0. The maximum atomic E-state index is 5.85. The third-order valence-corrected chi connectivity index (χ3v) is 5.28. The zero-order chi connectivity index (χ0) is 16.5. The van der Waals surface area contributed by atoms with E-state index in [-0.39, 0.29) is 0 Å². The number of hydrogen-bond acceptors (Lipinski definition) is 5. The standard InChI is InChI=1S/C19H27N3O2/c1-14-11-21(12-15(2)24-14)13-16-4-8-22(9-5-16)19-17-6-10-23-18(17)3-7-20-19/h3,6-7,10,14-16H,4-5,8-9,11-13H2,1-2H3/t14-,15-/m0/s1. The minimum atomic E-state index is 0.358. The van der Waals surface area contributed by atoms with Gasteiger partial charge in [0.25, 0.3) is 0 Å². The van der Waals surface area contributed by atoms with Gasteiger partial charge in [-0.15, -0.1) is 0 Å². The van der Waals surface area contributed by atoms with E-state index in [0.717, 1.165) is 48.9 Å². The Morgan fingerprint density at radius 1 is 1.12 bits per heavy atom. The molecule has 2 aromatic heterocycles. The maximum absolute atomic E-state index is 5.85. The summed E-state index contributed by atoms with van der Waals surface area (Å²) in [6.07, 6.45) is 6.78. The topological polar surface area (TPSA) is 41.7 Å². The van der Waals surface area contributed by atoms with E-state index >= 15 is 0 Å². The molecular weight excluding hydrogens is 302 g/mol. The number of rotatable bonds is 3. The van der Waals surface area contributed by atoms with Gasteiger partial charge < -0.3 is 14.1 Å². The number of pyridine rings is 1. The summed E-state index contributed by atoms with van der Waals surface area (Å²) < 4.78 is 11.4. The second-order valence-corrected chi connectivity index (χ2v) is 7.37. The average molecular weight is 329 g/mol. The molecule has 0 aromatic carbocycles. The SMILES string of the molecule is C[C@H]1CN(CC2CCN(c3nccc4occc34)CC2)C[C@H](C)O1. The molecule has 0 spiro atoms. The van der Waals surface area contributed by atoms with E-state index in [0.29, 0.717) is 12.2 Å². The van der Waals surface area contributed by atoms with Crippen LogP contribution in [0.25, 0.3) is 11.0 Å². The fraction of sp³-hybridized carbons (Fsp3) is 0.632. The molecule has 0 aliphatic carbocycles. The van der Waals surface area contributed by atoms with Crippen LogP contribution in [0.5, 0.6) is 0 Å². The largest absolute Gasteiger partial charge is 0.464 e. The van der Waals surface area contributed by atoms with Crippen molar-refractivity contribution in [2.24, 2.45) is 5.92 Å². The third kappa shape index (κ3) is 3.28. The Balaban J connectivity index is 1.36. The Morgan fingerprint density at radius 2 is 1.88 bits per heavy atom. The van der Waals surface area contributed by atoms with Crippen LogP contribution in [0.2, 0.25) is 0 Å². The van der Waals surface area contributed by atoms with E-state index in [1.807, 2.05) is 18.3 Å². The first-order valence-electron chi connectivity index (χ1n) is 9.14. The lowest BCUT2D eigenvalue weighted by Gasteiger charge is -2.39. The van der Waals surface area contributed by atoms with Crippen molar-refractivity contribution in [3.8, 4) is 0 Å². The molecule has 24 heavy (non-hydrogen) atoms. The smallest absolute Gasteiger partial charge is 0.139 e. The number of morpholine rings is 1. The summed E-state index contributed by atoms with van der Waals surface area (Å²) in [5.74, 6) is 1.86. The van der Waals surface area contributed by atoms with Gasteiger partial charge in [0.1, 0.15) is 11.4 Å². The molecular formula is C19H27N3O2. The monoisotopic (exact) mass is 329 g/mol. The highest BCUT2D eigenvalue weighted by Crippen LogP contribution is 2.29. The normalized spacial score (nSPS) is 27.0. The molecule has 0 saturated carbocycles. The van der Waals surface area contributed by atoms with Crippen LogP contribution in [-0.4, -0.2) is 54.8 Å². The highest BCUT2D eigenvalue weighted by Gasteiger charge is 2.27. The van der Waals surface area contributed by atoms with Gasteiger partial charge in [0, 0.05) is 38.9 Å². The Morgan fingerprint density at radius 3 is 2.62 bits per heavy atom. The maximum Gasteiger partial charge on any atom is 0.139 e. The van der Waals surface area contributed by atoms with Crippen LogP contribution in [0.3, 0.4) is 0 Å². The number of anilines is 1. The molecule has 2 aromatic rings. The number of nitrogens with zero attached hydrogens (tertiary/aromatic N) is 3. The summed E-state index contributed by atoms with van der Waals surface area (Å²) in [6.45, 7) is 9.87. The van der Waals surface area contributed by atoms with Crippen LogP contribution in [0.1, 0.15) is 26.7 Å². The molecule has 2 fully saturated rings. The Hall–Kier alpha value is -1.59. The van der Waals surface area contributed by atoms with E-state index in [4.69, 9.17) is 9.15 Å². The highest BCUT2D eigenvalue weighted by atomic mass is 16.5. The zero-order valence-corrected chi connectivity index (χ0v) is 14.6. The van der Waals surface area contributed by atoms with E-state index in [9.17, 15) is 0 Å². The Labute approximate surface area is 143 Å². The van der Waals surface area contributed by atoms with E-state index in [1.165, 1.54) is 19.4 Å². The van der Waals surface area contributed by atoms with E-state index in [1.54, 1.807) is 6.26 Å². The summed E-state index contributed by atoms with van der Waals surface area (Å²) in [7, 11) is 0. The number of fused-ring (bicyclic) bond motifs is 1. The first kappa shape index (κ1) is 15.9. The van der Waals surface area contributed by atoms with Gasteiger partial charge in [0.05, 0.1) is 23.9 Å². The fourth-order valence-corrected chi connectivity index (χ4v) is 4.26. The van der Waals surface area contributed by atoms with Crippen molar-refractivity contribution < 1.29 is 9.15 Å². The lowest BCUT2D eigenvalue weighted by atomic mass is 9.95. The average Bonchev–Trinajstić information content (AvgIpc) is 3.03. The molecule has 0 N–H and O–H groups in total. The van der Waals surface area contributed by atoms with Crippen molar-refractivity contribution in [1.29, 1.82) is 0 Å². The van der Waals surface area contributed by atoms with E-state index in [2.05, 4.69) is 28.6 Å². The summed E-state index contributed by atoms with van der Waals surface area (Å²) in [5.41, 5.74) is 0.929. The molecule has 0 unspecified atom stereocenters. The lowest BCUT2D eigenvalue weighted by molar-refractivity contribution is -0.0720. The predicted molar refractivity (Wildman–Crippen MR) is 95.4 cm³/mol. The van der Waals surface area contributed by atoms with Crippen molar-refractivity contribution >= 4 is 16.8 Å². The number of aromatic nitrogens is 1. The number of ether oxygens (including phenoxy) is 1. The van der Waals surface area contributed by atoms with Crippen molar-refractivity contribution in [3.63, 3.8) is 0 Å². The summed E-state index contributed by atoms with van der Waals surface area (Å²) in [5, 5.41) is 1.13. The van der Waals surface area contributed by atoms with Crippen LogP contribution in [0.4, 0.5) is 5.82 Å². The van der Waals surface area contributed by atoms with Gasteiger partial charge in [-0.05, 0) is 44.7 Å². The van der Waals surface area contributed by atoms with Gasteiger partial charge in [0.15, 0.2) is 0 Å². The molecule has 5 nitrogen and oxygen atoms in total. The van der Waals surface area contributed by atoms with E-state index < -0.39 is 0 Å². The fourth-order valence-electron chi connectivity index (χ4n) is 4.26. The van der Waals surface area contributed by atoms with Gasteiger partial charge >= 0.3 is 0 Å². The Bertz CT molecular complexity index is 668. The van der Waals surface area contributed by atoms with Crippen molar-refractivity contribution in [2.45, 2.75) is 38.9 Å². The van der Waals surface area contributed by atoms with Crippen LogP contribution >= 0.6 is 0 Å². The number of furan rings is 1. The molecule has 2 saturated heterocycles. The van der Waals surface area contributed by atoms with Crippen LogP contribution in [-0.2, 0) is 4.74 Å². The minimum Gasteiger partial charge on any atom is -0.464 e. The molecule has 4 rings (SSSR count). The molecule has 0 radical (unpaired) electrons. The van der Waals surface area contributed by atoms with Gasteiger partial charge in [-0.25, -0.2) is 4.98 Å². The predicted octanol–water partition coefficient (Wildman–Crippen LogP) is 3.15. The van der Waals surface area contributed by atoms with Crippen LogP contribution in [0, 0.1) is 5.92 Å². The molecule has 2 atom stereocenters. The van der Waals surface area contributed by atoms with Crippen LogP contribution in [0.15, 0.2) is 29.0 Å². The van der Waals surface area contributed by atoms with Crippen molar-refractivity contribution in [3.05, 3.63) is 24.6 Å². The van der Waals surface area contributed by atoms with Crippen molar-refractivity contribution in [1.82, 2.24) is 9.88 Å². The quantitative estimate of drug-likeness (QED) is 0.865. The molecule has 0 bridgehead atoms.